The van der Waals surface area contributed by atoms with Crippen molar-refractivity contribution in [2.45, 2.75) is 55.8 Å². The van der Waals surface area contributed by atoms with Gasteiger partial charge in [0.05, 0.1) is 12.7 Å². The lowest BCUT2D eigenvalue weighted by Gasteiger charge is -2.60. The number of methoxy groups -OCH3 is 1. The number of ether oxygens (including phenoxy) is 1. The van der Waals surface area contributed by atoms with Gasteiger partial charge in [0, 0.05) is 17.3 Å². The first-order valence-electron chi connectivity index (χ1n) is 9.52. The van der Waals surface area contributed by atoms with Crippen molar-refractivity contribution in [1.82, 2.24) is 5.32 Å². The molecule has 0 aliphatic heterocycles. The van der Waals surface area contributed by atoms with Gasteiger partial charge in [0.25, 0.3) is 0 Å². The van der Waals surface area contributed by atoms with Crippen LogP contribution in [0.5, 0.6) is 0 Å². The number of alkyl halides is 1. The fourth-order valence-corrected chi connectivity index (χ4v) is 7.53. The molecule has 0 spiro atoms. The molecule has 4 saturated carbocycles. The van der Waals surface area contributed by atoms with Gasteiger partial charge in [0.15, 0.2) is 0 Å². The van der Waals surface area contributed by atoms with E-state index >= 15 is 0 Å². The number of nitrogens with one attached hydrogen (secondary N) is 1. The lowest BCUT2D eigenvalue weighted by Crippen LogP contribution is -2.54. The number of hydrogen-bond donors (Lipinski definition) is 1. The second-order valence-electron chi connectivity index (χ2n) is 8.75. The summed E-state index contributed by atoms with van der Waals surface area (Å²) < 4.78 is 5.00. The molecule has 0 saturated heterocycles. The van der Waals surface area contributed by atoms with Crippen LogP contribution < -0.4 is 5.32 Å². The molecule has 1 aromatic carbocycles. The predicted octanol–water partition coefficient (Wildman–Crippen LogP) is 4.21. The molecule has 0 heterocycles. The molecule has 4 aliphatic rings. The Kier molecular flexibility index (Phi) is 4.62. The zero-order chi connectivity index (χ0) is 18.4. The van der Waals surface area contributed by atoms with Gasteiger partial charge in [-0.15, -0.1) is 0 Å². The van der Waals surface area contributed by atoms with E-state index in [-0.39, 0.29) is 17.3 Å². The third kappa shape index (κ3) is 3.55. The lowest BCUT2D eigenvalue weighted by atomic mass is 9.48. The molecular weight excluding hydrogens is 394 g/mol. The molecule has 5 rings (SSSR count). The van der Waals surface area contributed by atoms with Gasteiger partial charge in [-0.25, -0.2) is 4.79 Å². The van der Waals surface area contributed by atoms with Gasteiger partial charge in [0.1, 0.15) is 0 Å². The van der Waals surface area contributed by atoms with E-state index in [2.05, 4.69) is 21.2 Å². The summed E-state index contributed by atoms with van der Waals surface area (Å²) in [5.74, 6) is 1.41. The topological polar surface area (TPSA) is 55.4 Å². The average Bonchev–Trinajstić information content (AvgIpc) is 2.57. The van der Waals surface area contributed by atoms with Crippen molar-refractivity contribution >= 4 is 27.8 Å². The Morgan fingerprint density at radius 2 is 1.81 bits per heavy atom. The highest BCUT2D eigenvalue weighted by atomic mass is 79.9. The number of benzene rings is 1. The molecule has 0 radical (unpaired) electrons. The molecule has 26 heavy (non-hydrogen) atoms. The monoisotopic (exact) mass is 419 g/mol. The van der Waals surface area contributed by atoms with Gasteiger partial charge in [0.2, 0.25) is 5.91 Å². The maximum absolute atomic E-state index is 12.6. The largest absolute Gasteiger partial charge is 0.465 e. The molecule has 4 bridgehead atoms. The number of halogens is 1. The first-order chi connectivity index (χ1) is 12.4. The highest BCUT2D eigenvalue weighted by Crippen LogP contribution is 2.65. The highest BCUT2D eigenvalue weighted by molar-refractivity contribution is 9.10. The molecule has 0 aromatic heterocycles. The fraction of sp³-hybridized carbons (Fsp3) is 0.619. The Labute approximate surface area is 163 Å². The van der Waals surface area contributed by atoms with E-state index in [9.17, 15) is 9.59 Å². The van der Waals surface area contributed by atoms with Crippen molar-refractivity contribution in [2.75, 3.05) is 7.11 Å². The summed E-state index contributed by atoms with van der Waals surface area (Å²) in [5.41, 5.74) is 1.72. The molecule has 1 aromatic rings. The average molecular weight is 420 g/mol. The summed E-state index contributed by atoms with van der Waals surface area (Å²) in [6.45, 7) is 0.503. The molecule has 5 heteroatoms. The number of carbonyl (C=O) groups is 2. The molecule has 4 fully saturated rings. The second-order valence-corrected chi connectivity index (χ2v) is 10.4. The third-order valence-corrected chi connectivity index (χ3v) is 7.44. The predicted molar refractivity (Wildman–Crippen MR) is 103 cm³/mol. The Balaban J connectivity index is 1.34. The van der Waals surface area contributed by atoms with Crippen LogP contribution in [0, 0.1) is 17.3 Å². The first kappa shape index (κ1) is 18.0. The number of hydrogen-bond acceptors (Lipinski definition) is 3. The van der Waals surface area contributed by atoms with Crippen LogP contribution in [0.1, 0.15) is 60.9 Å². The summed E-state index contributed by atoms with van der Waals surface area (Å²) in [5, 5.41) is 3.08. The second kappa shape index (κ2) is 6.66. The van der Waals surface area contributed by atoms with E-state index in [1.54, 1.807) is 12.1 Å². The molecule has 4 aliphatic carbocycles. The number of amides is 1. The van der Waals surface area contributed by atoms with Crippen LogP contribution in [-0.2, 0) is 16.1 Å². The molecule has 2 atom stereocenters. The van der Waals surface area contributed by atoms with Crippen molar-refractivity contribution in [3.8, 4) is 0 Å². The van der Waals surface area contributed by atoms with Crippen LogP contribution in [0.25, 0.3) is 0 Å². The van der Waals surface area contributed by atoms with Gasteiger partial charge < -0.3 is 10.1 Å². The van der Waals surface area contributed by atoms with E-state index in [1.807, 2.05) is 12.1 Å². The van der Waals surface area contributed by atoms with Crippen molar-refractivity contribution in [2.24, 2.45) is 17.3 Å². The molecule has 1 N–H and O–H groups in total. The Hall–Kier alpha value is -1.36. The lowest BCUT2D eigenvalue weighted by molar-refractivity contribution is -0.128. The summed E-state index contributed by atoms with van der Waals surface area (Å²) in [7, 11) is 1.37. The quantitative estimate of drug-likeness (QED) is 0.574. The SMILES string of the molecule is COC(=O)c1ccc(CNC(=O)CC23CC4CC(CC(Br)(C4)C2)C3)cc1. The van der Waals surface area contributed by atoms with Crippen molar-refractivity contribution in [3.05, 3.63) is 35.4 Å². The molecule has 140 valence electrons. The molecule has 2 unspecified atom stereocenters. The van der Waals surface area contributed by atoms with Crippen LogP contribution in [-0.4, -0.2) is 23.3 Å². The van der Waals surface area contributed by atoms with Gasteiger partial charge in [-0.3, -0.25) is 4.79 Å². The normalized spacial score (nSPS) is 34.5. The van der Waals surface area contributed by atoms with Gasteiger partial charge >= 0.3 is 5.97 Å². The van der Waals surface area contributed by atoms with Crippen LogP contribution in [0.15, 0.2) is 24.3 Å². The summed E-state index contributed by atoms with van der Waals surface area (Å²) in [6, 6.07) is 7.21. The van der Waals surface area contributed by atoms with Crippen LogP contribution in [0.2, 0.25) is 0 Å². The van der Waals surface area contributed by atoms with E-state index in [0.29, 0.717) is 22.9 Å². The summed E-state index contributed by atoms with van der Waals surface area (Å²) in [4.78, 5) is 24.1. The number of carbonyl (C=O) groups excluding carboxylic acids is 2. The van der Waals surface area contributed by atoms with Crippen molar-refractivity contribution in [3.63, 3.8) is 0 Å². The number of rotatable bonds is 5. The van der Waals surface area contributed by atoms with E-state index in [1.165, 1.54) is 39.2 Å². The van der Waals surface area contributed by atoms with Crippen molar-refractivity contribution in [1.29, 1.82) is 0 Å². The third-order valence-electron chi connectivity index (χ3n) is 6.51. The summed E-state index contributed by atoms with van der Waals surface area (Å²) >= 11 is 4.01. The zero-order valence-corrected chi connectivity index (χ0v) is 16.8. The maximum Gasteiger partial charge on any atom is 0.337 e. The van der Waals surface area contributed by atoms with E-state index in [0.717, 1.165) is 23.8 Å². The van der Waals surface area contributed by atoms with Gasteiger partial charge in [-0.05, 0) is 73.5 Å². The Morgan fingerprint density at radius 1 is 1.15 bits per heavy atom. The molecule has 4 nitrogen and oxygen atoms in total. The van der Waals surface area contributed by atoms with Crippen molar-refractivity contribution < 1.29 is 14.3 Å². The standard InChI is InChI=1S/C21H26BrNO3/c1-26-19(25)17-4-2-14(3-5-17)12-23-18(24)11-20-7-15-6-16(8-20)10-21(22,9-15)13-20/h2-5,15-16H,6-13H2,1H3,(H,23,24). The van der Waals surface area contributed by atoms with E-state index in [4.69, 9.17) is 4.74 Å². The zero-order valence-electron chi connectivity index (χ0n) is 15.2. The van der Waals surface area contributed by atoms with Gasteiger partial charge in [-0.1, -0.05) is 28.1 Å². The van der Waals surface area contributed by atoms with Crippen LogP contribution in [0.3, 0.4) is 0 Å². The Morgan fingerprint density at radius 3 is 2.38 bits per heavy atom. The number of esters is 1. The van der Waals surface area contributed by atoms with Crippen LogP contribution in [0.4, 0.5) is 0 Å². The smallest absolute Gasteiger partial charge is 0.337 e. The minimum atomic E-state index is -0.342. The fourth-order valence-electron chi connectivity index (χ4n) is 6.02. The molecular formula is C21H26BrNO3. The van der Waals surface area contributed by atoms with E-state index < -0.39 is 0 Å². The first-order valence-corrected chi connectivity index (χ1v) is 10.3. The van der Waals surface area contributed by atoms with Crippen LogP contribution >= 0.6 is 15.9 Å². The molecule has 1 amide bonds. The highest BCUT2D eigenvalue weighted by Gasteiger charge is 2.57. The Bertz CT molecular complexity index is 700. The summed E-state index contributed by atoms with van der Waals surface area (Å²) in [6.07, 6.45) is 8.18. The van der Waals surface area contributed by atoms with Gasteiger partial charge in [-0.2, -0.15) is 0 Å². The minimum Gasteiger partial charge on any atom is -0.465 e. The maximum atomic E-state index is 12.6. The minimum absolute atomic E-state index is 0.153.